The Morgan fingerprint density at radius 2 is 2.17 bits per heavy atom. The summed E-state index contributed by atoms with van der Waals surface area (Å²) in [5.74, 6) is -1.23. The van der Waals surface area contributed by atoms with E-state index in [4.69, 9.17) is 5.11 Å². The maximum atomic E-state index is 12.6. The minimum Gasteiger partial charge on any atom is -0.477 e. The molecule has 0 saturated heterocycles. The zero-order chi connectivity index (χ0) is 13.5. The van der Waals surface area contributed by atoms with E-state index < -0.39 is 17.8 Å². The van der Waals surface area contributed by atoms with E-state index >= 15 is 0 Å². The molecule has 0 bridgehead atoms. The van der Waals surface area contributed by atoms with Crippen LogP contribution in [-0.4, -0.2) is 25.8 Å². The Kier molecular flexibility index (Phi) is 2.85. The molecule has 0 aliphatic rings. The first-order chi connectivity index (χ1) is 8.30. The number of rotatable bonds is 2. The number of halogens is 3. The number of aromatic carboxylic acids is 1. The van der Waals surface area contributed by atoms with Crippen LogP contribution in [0.15, 0.2) is 12.3 Å². The molecule has 2 aromatic rings. The van der Waals surface area contributed by atoms with Crippen molar-refractivity contribution in [1.29, 1.82) is 0 Å². The van der Waals surface area contributed by atoms with Crippen molar-refractivity contribution in [3.8, 4) is 5.13 Å². The molecule has 5 nitrogen and oxygen atoms in total. The number of aryl methyl sites for hydroxylation is 1. The van der Waals surface area contributed by atoms with E-state index in [1.54, 1.807) is 0 Å². The van der Waals surface area contributed by atoms with E-state index in [-0.39, 0.29) is 15.7 Å². The molecular formula is C9H6F3N3O2S. The van der Waals surface area contributed by atoms with Crippen LogP contribution in [0, 0.1) is 6.92 Å². The third kappa shape index (κ3) is 2.08. The number of alkyl halides is 3. The average Bonchev–Trinajstić information content (AvgIpc) is 2.80. The lowest BCUT2D eigenvalue weighted by Crippen LogP contribution is -2.13. The maximum absolute atomic E-state index is 12.6. The van der Waals surface area contributed by atoms with Crippen LogP contribution in [0.2, 0.25) is 0 Å². The molecule has 2 rings (SSSR count). The summed E-state index contributed by atoms with van der Waals surface area (Å²) in [6.07, 6.45) is -3.58. The van der Waals surface area contributed by atoms with Gasteiger partial charge in [0.15, 0.2) is 5.69 Å². The van der Waals surface area contributed by atoms with E-state index in [1.165, 1.54) is 6.92 Å². The molecule has 0 atom stereocenters. The van der Waals surface area contributed by atoms with Gasteiger partial charge >= 0.3 is 12.1 Å². The molecule has 0 aliphatic heterocycles. The largest absolute Gasteiger partial charge is 0.477 e. The van der Waals surface area contributed by atoms with Crippen molar-refractivity contribution in [3.63, 3.8) is 0 Å². The number of thiazole rings is 1. The SMILES string of the molecule is Cc1nc(-n2nccc2C(F)(F)F)sc1C(=O)O. The number of hydrogen-bond acceptors (Lipinski definition) is 4. The number of hydrogen-bond donors (Lipinski definition) is 1. The monoisotopic (exact) mass is 277 g/mol. The van der Waals surface area contributed by atoms with Crippen LogP contribution in [0.4, 0.5) is 13.2 Å². The lowest BCUT2D eigenvalue weighted by molar-refractivity contribution is -0.142. The van der Waals surface area contributed by atoms with Crippen LogP contribution >= 0.6 is 11.3 Å². The quantitative estimate of drug-likeness (QED) is 0.915. The van der Waals surface area contributed by atoms with Crippen LogP contribution in [0.5, 0.6) is 0 Å². The molecular weight excluding hydrogens is 271 g/mol. The smallest absolute Gasteiger partial charge is 0.433 e. The van der Waals surface area contributed by atoms with Gasteiger partial charge in [-0.2, -0.15) is 18.3 Å². The first-order valence-electron chi connectivity index (χ1n) is 4.63. The number of aromatic nitrogens is 3. The molecule has 0 amide bonds. The van der Waals surface area contributed by atoms with E-state index in [0.29, 0.717) is 16.0 Å². The standard InChI is InChI=1S/C9H6F3N3O2S/c1-4-6(7(16)17)18-8(14-4)15-5(2-3-13-15)9(10,11)12/h2-3H,1H3,(H,16,17). The second kappa shape index (κ2) is 4.09. The molecule has 2 heterocycles. The fourth-order valence-electron chi connectivity index (χ4n) is 1.34. The van der Waals surface area contributed by atoms with Crippen LogP contribution < -0.4 is 0 Å². The van der Waals surface area contributed by atoms with Gasteiger partial charge in [-0.15, -0.1) is 0 Å². The summed E-state index contributed by atoms with van der Waals surface area (Å²) in [6.45, 7) is 1.42. The van der Waals surface area contributed by atoms with E-state index in [1.807, 2.05) is 0 Å². The topological polar surface area (TPSA) is 68.0 Å². The second-order valence-electron chi connectivity index (χ2n) is 3.34. The van der Waals surface area contributed by atoms with Crippen molar-refractivity contribution >= 4 is 17.3 Å². The van der Waals surface area contributed by atoms with Gasteiger partial charge in [0.2, 0.25) is 5.13 Å². The van der Waals surface area contributed by atoms with Crippen LogP contribution in [0.3, 0.4) is 0 Å². The van der Waals surface area contributed by atoms with Gasteiger partial charge in [0.25, 0.3) is 0 Å². The predicted molar refractivity (Wildman–Crippen MR) is 55.9 cm³/mol. The lowest BCUT2D eigenvalue weighted by Gasteiger charge is -2.06. The van der Waals surface area contributed by atoms with Crippen LogP contribution in [0.1, 0.15) is 21.1 Å². The molecule has 96 valence electrons. The molecule has 9 heteroatoms. The molecule has 0 unspecified atom stereocenters. The Labute approximate surface area is 103 Å². The van der Waals surface area contributed by atoms with Gasteiger partial charge in [0.1, 0.15) is 4.88 Å². The van der Waals surface area contributed by atoms with E-state index in [9.17, 15) is 18.0 Å². The highest BCUT2D eigenvalue weighted by Crippen LogP contribution is 2.32. The fraction of sp³-hybridized carbons (Fsp3) is 0.222. The molecule has 0 radical (unpaired) electrons. The summed E-state index contributed by atoms with van der Waals surface area (Å²) >= 11 is 0.645. The normalized spacial score (nSPS) is 11.8. The summed E-state index contributed by atoms with van der Waals surface area (Å²) in [6, 6.07) is 0.803. The highest BCUT2D eigenvalue weighted by Gasteiger charge is 2.36. The highest BCUT2D eigenvalue weighted by molar-refractivity contribution is 7.16. The third-order valence-corrected chi connectivity index (χ3v) is 3.21. The molecule has 0 aromatic carbocycles. The number of carboxylic acids is 1. The van der Waals surface area contributed by atoms with Gasteiger partial charge in [0.05, 0.1) is 11.9 Å². The summed E-state index contributed by atoms with van der Waals surface area (Å²) in [4.78, 5) is 14.5. The molecule has 2 aromatic heterocycles. The van der Waals surface area contributed by atoms with Crippen molar-refractivity contribution in [3.05, 3.63) is 28.5 Å². The Balaban J connectivity index is 2.54. The molecule has 18 heavy (non-hydrogen) atoms. The summed E-state index contributed by atoms with van der Waals surface area (Å²) in [5, 5.41) is 12.2. The van der Waals surface area contributed by atoms with Crippen molar-refractivity contribution in [2.75, 3.05) is 0 Å². The van der Waals surface area contributed by atoms with Crippen molar-refractivity contribution in [2.45, 2.75) is 13.1 Å². The van der Waals surface area contributed by atoms with Gasteiger partial charge in [-0.05, 0) is 13.0 Å². The van der Waals surface area contributed by atoms with Crippen molar-refractivity contribution in [1.82, 2.24) is 14.8 Å². The van der Waals surface area contributed by atoms with Gasteiger partial charge in [-0.25, -0.2) is 14.5 Å². The molecule has 1 N–H and O–H groups in total. The van der Waals surface area contributed by atoms with Gasteiger partial charge in [-0.1, -0.05) is 11.3 Å². The Morgan fingerprint density at radius 1 is 1.50 bits per heavy atom. The van der Waals surface area contributed by atoms with Crippen molar-refractivity contribution < 1.29 is 23.1 Å². The lowest BCUT2D eigenvalue weighted by atomic mass is 10.4. The van der Waals surface area contributed by atoms with Gasteiger partial charge < -0.3 is 5.11 Å². The number of carbonyl (C=O) groups is 1. The van der Waals surface area contributed by atoms with E-state index in [0.717, 1.165) is 12.3 Å². The van der Waals surface area contributed by atoms with Gasteiger partial charge in [-0.3, -0.25) is 0 Å². The molecule has 0 fully saturated rings. The Hall–Kier alpha value is -1.90. The van der Waals surface area contributed by atoms with Crippen LogP contribution in [0.25, 0.3) is 5.13 Å². The highest BCUT2D eigenvalue weighted by atomic mass is 32.1. The molecule has 0 saturated carbocycles. The van der Waals surface area contributed by atoms with Crippen LogP contribution in [-0.2, 0) is 6.18 Å². The zero-order valence-electron chi connectivity index (χ0n) is 8.89. The maximum Gasteiger partial charge on any atom is 0.433 e. The number of carboxylic acid groups (broad SMARTS) is 1. The summed E-state index contributed by atoms with van der Waals surface area (Å²) in [7, 11) is 0. The van der Waals surface area contributed by atoms with Crippen molar-refractivity contribution in [2.24, 2.45) is 0 Å². The van der Waals surface area contributed by atoms with E-state index in [2.05, 4.69) is 10.1 Å². The Morgan fingerprint density at radius 3 is 2.67 bits per heavy atom. The zero-order valence-corrected chi connectivity index (χ0v) is 9.71. The second-order valence-corrected chi connectivity index (χ2v) is 4.32. The first-order valence-corrected chi connectivity index (χ1v) is 5.44. The predicted octanol–water partition coefficient (Wildman–Crippen LogP) is 2.35. The molecule has 0 spiro atoms. The average molecular weight is 277 g/mol. The first kappa shape index (κ1) is 12.6. The molecule has 0 aliphatic carbocycles. The third-order valence-electron chi connectivity index (χ3n) is 2.09. The number of nitrogens with zero attached hydrogens (tertiary/aromatic N) is 3. The van der Waals surface area contributed by atoms with Gasteiger partial charge in [0, 0.05) is 0 Å². The minimum absolute atomic E-state index is 0.103. The summed E-state index contributed by atoms with van der Waals surface area (Å²) in [5.41, 5.74) is -0.834. The minimum atomic E-state index is -4.57. The summed E-state index contributed by atoms with van der Waals surface area (Å²) < 4.78 is 38.5. The Bertz CT molecular complexity index is 602. The fourth-order valence-corrected chi connectivity index (χ4v) is 2.22.